The Bertz CT molecular complexity index is 1170. The van der Waals surface area contributed by atoms with Crippen molar-refractivity contribution in [2.45, 2.75) is 18.7 Å². The molecule has 0 unspecified atom stereocenters. The van der Waals surface area contributed by atoms with Gasteiger partial charge in [0.25, 0.3) is 21.8 Å². The molecule has 7 nitrogen and oxygen atoms in total. The molecule has 2 amide bonds. The molecule has 0 bridgehead atoms. The summed E-state index contributed by atoms with van der Waals surface area (Å²) in [6, 6.07) is 20.9. The summed E-state index contributed by atoms with van der Waals surface area (Å²) >= 11 is 0. The lowest BCUT2D eigenvalue weighted by Gasteiger charge is -2.18. The second-order valence-corrected chi connectivity index (χ2v) is 8.69. The highest BCUT2D eigenvalue weighted by Crippen LogP contribution is 2.18. The molecule has 3 aromatic carbocycles. The molecule has 8 heteroatoms. The van der Waals surface area contributed by atoms with E-state index in [0.29, 0.717) is 35.6 Å². The van der Waals surface area contributed by atoms with Crippen molar-refractivity contribution in [1.29, 1.82) is 0 Å². The van der Waals surface area contributed by atoms with E-state index in [9.17, 15) is 18.0 Å². The van der Waals surface area contributed by atoms with Crippen LogP contribution in [0, 0.1) is 0 Å². The summed E-state index contributed by atoms with van der Waals surface area (Å²) in [7, 11) is -3.70. The molecule has 0 spiro atoms. The van der Waals surface area contributed by atoms with Crippen LogP contribution in [0.25, 0.3) is 0 Å². The van der Waals surface area contributed by atoms with Gasteiger partial charge in [-0.25, -0.2) is 8.42 Å². The summed E-state index contributed by atoms with van der Waals surface area (Å²) in [5, 5.41) is 2.77. The molecule has 0 aliphatic carbocycles. The maximum absolute atomic E-state index is 12.5. The lowest BCUT2D eigenvalue weighted by molar-refractivity contribution is 0.0773. The van der Waals surface area contributed by atoms with Crippen LogP contribution in [0.5, 0.6) is 0 Å². The lowest BCUT2D eigenvalue weighted by atomic mass is 10.1. The highest BCUT2D eigenvalue weighted by molar-refractivity contribution is 7.92. The quantitative estimate of drug-likeness (QED) is 0.536. The molecule has 0 saturated carbocycles. The number of rotatable bonds is 8. The first-order valence-electron chi connectivity index (χ1n) is 10.2. The van der Waals surface area contributed by atoms with Gasteiger partial charge < -0.3 is 10.2 Å². The second kappa shape index (κ2) is 10.1. The standard InChI is InChI=1S/C24H25N3O4S/c1-3-27(4-2)24(29)19-12-14-20(15-13-19)25-23(28)18-10-16-21(17-11-18)26-32(30,31)22-8-6-5-7-9-22/h5-17,26H,3-4H2,1-2H3,(H,25,28). The molecule has 3 aromatic rings. The Morgan fingerprint density at radius 1 is 0.750 bits per heavy atom. The molecule has 166 valence electrons. The van der Waals surface area contributed by atoms with E-state index >= 15 is 0 Å². The summed E-state index contributed by atoms with van der Waals surface area (Å²) in [6.07, 6.45) is 0. The fourth-order valence-corrected chi connectivity index (χ4v) is 4.18. The molecule has 0 aliphatic rings. The van der Waals surface area contributed by atoms with Gasteiger partial charge in [0.1, 0.15) is 0 Å². The van der Waals surface area contributed by atoms with Gasteiger partial charge in [0.15, 0.2) is 0 Å². The number of nitrogens with one attached hydrogen (secondary N) is 2. The number of amides is 2. The van der Waals surface area contributed by atoms with Crippen LogP contribution in [0.2, 0.25) is 0 Å². The maximum atomic E-state index is 12.5. The van der Waals surface area contributed by atoms with Crippen LogP contribution < -0.4 is 10.0 Å². The fraction of sp³-hybridized carbons (Fsp3) is 0.167. The van der Waals surface area contributed by atoms with E-state index < -0.39 is 10.0 Å². The van der Waals surface area contributed by atoms with Crippen LogP contribution in [-0.2, 0) is 10.0 Å². The van der Waals surface area contributed by atoms with Crippen LogP contribution in [0.3, 0.4) is 0 Å². The number of sulfonamides is 1. The SMILES string of the molecule is CCN(CC)C(=O)c1ccc(NC(=O)c2ccc(NS(=O)(=O)c3ccccc3)cc2)cc1. The fourth-order valence-electron chi connectivity index (χ4n) is 3.10. The maximum Gasteiger partial charge on any atom is 0.261 e. The van der Waals surface area contributed by atoms with E-state index in [0.717, 1.165) is 0 Å². The van der Waals surface area contributed by atoms with Gasteiger partial charge in [0, 0.05) is 35.6 Å². The van der Waals surface area contributed by atoms with E-state index in [1.165, 1.54) is 36.4 Å². The zero-order valence-electron chi connectivity index (χ0n) is 17.9. The first-order valence-corrected chi connectivity index (χ1v) is 11.7. The number of carbonyl (C=O) groups is 2. The minimum Gasteiger partial charge on any atom is -0.339 e. The van der Waals surface area contributed by atoms with Crippen molar-refractivity contribution in [2.75, 3.05) is 23.1 Å². The molecule has 0 aromatic heterocycles. The average Bonchev–Trinajstić information content (AvgIpc) is 2.81. The zero-order chi connectivity index (χ0) is 23.1. The third kappa shape index (κ3) is 5.53. The molecular weight excluding hydrogens is 426 g/mol. The van der Waals surface area contributed by atoms with Crippen LogP contribution in [0.15, 0.2) is 83.8 Å². The Kier molecular flexibility index (Phi) is 7.27. The lowest BCUT2D eigenvalue weighted by Crippen LogP contribution is -2.30. The Morgan fingerprint density at radius 3 is 1.84 bits per heavy atom. The highest BCUT2D eigenvalue weighted by atomic mass is 32.2. The number of benzene rings is 3. The molecule has 3 rings (SSSR count). The third-order valence-electron chi connectivity index (χ3n) is 4.89. The van der Waals surface area contributed by atoms with Gasteiger partial charge in [-0.1, -0.05) is 18.2 Å². The normalized spacial score (nSPS) is 10.9. The van der Waals surface area contributed by atoms with E-state index in [1.807, 2.05) is 13.8 Å². The smallest absolute Gasteiger partial charge is 0.261 e. The minimum atomic E-state index is -3.70. The summed E-state index contributed by atoms with van der Waals surface area (Å²) < 4.78 is 27.3. The van der Waals surface area contributed by atoms with Gasteiger partial charge in [-0.05, 0) is 74.5 Å². The van der Waals surface area contributed by atoms with E-state index in [1.54, 1.807) is 47.4 Å². The molecule has 0 saturated heterocycles. The summed E-state index contributed by atoms with van der Waals surface area (Å²) in [6.45, 7) is 5.11. The summed E-state index contributed by atoms with van der Waals surface area (Å²) in [5.74, 6) is -0.397. The summed E-state index contributed by atoms with van der Waals surface area (Å²) in [5.41, 5.74) is 1.84. The molecule has 32 heavy (non-hydrogen) atoms. The number of hydrogen-bond donors (Lipinski definition) is 2. The van der Waals surface area contributed by atoms with Crippen molar-refractivity contribution in [3.63, 3.8) is 0 Å². The molecule has 2 N–H and O–H groups in total. The predicted octanol–water partition coefficient (Wildman–Crippen LogP) is 4.22. The Morgan fingerprint density at radius 2 is 1.28 bits per heavy atom. The van der Waals surface area contributed by atoms with Gasteiger partial charge in [0.05, 0.1) is 4.90 Å². The Balaban J connectivity index is 1.64. The molecule has 0 atom stereocenters. The summed E-state index contributed by atoms with van der Waals surface area (Å²) in [4.78, 5) is 26.8. The molecule has 0 fully saturated rings. The van der Waals surface area contributed by atoms with Crippen LogP contribution in [0.4, 0.5) is 11.4 Å². The van der Waals surface area contributed by atoms with E-state index in [2.05, 4.69) is 10.0 Å². The van der Waals surface area contributed by atoms with Crippen LogP contribution in [-0.4, -0.2) is 38.2 Å². The number of anilines is 2. The average molecular weight is 452 g/mol. The largest absolute Gasteiger partial charge is 0.339 e. The molecule has 0 radical (unpaired) electrons. The van der Waals surface area contributed by atoms with Crippen molar-refractivity contribution >= 4 is 33.2 Å². The topological polar surface area (TPSA) is 95.6 Å². The van der Waals surface area contributed by atoms with Gasteiger partial charge in [-0.2, -0.15) is 0 Å². The van der Waals surface area contributed by atoms with Gasteiger partial charge >= 0.3 is 0 Å². The van der Waals surface area contributed by atoms with Crippen LogP contribution >= 0.6 is 0 Å². The van der Waals surface area contributed by atoms with Gasteiger partial charge in [-0.3, -0.25) is 14.3 Å². The first kappa shape index (κ1) is 23.0. The third-order valence-corrected chi connectivity index (χ3v) is 6.29. The molecular formula is C24H25N3O4S. The molecule has 0 heterocycles. The highest BCUT2D eigenvalue weighted by Gasteiger charge is 2.15. The number of carbonyl (C=O) groups excluding carboxylic acids is 2. The van der Waals surface area contributed by atoms with E-state index in [4.69, 9.17) is 0 Å². The molecule has 0 aliphatic heterocycles. The number of hydrogen-bond acceptors (Lipinski definition) is 4. The predicted molar refractivity (Wildman–Crippen MR) is 125 cm³/mol. The van der Waals surface area contributed by atoms with Crippen molar-refractivity contribution in [2.24, 2.45) is 0 Å². The minimum absolute atomic E-state index is 0.0542. The van der Waals surface area contributed by atoms with E-state index in [-0.39, 0.29) is 16.7 Å². The Hall–Kier alpha value is -3.65. The van der Waals surface area contributed by atoms with Gasteiger partial charge in [-0.15, -0.1) is 0 Å². The van der Waals surface area contributed by atoms with Crippen molar-refractivity contribution in [3.05, 3.63) is 90.0 Å². The van der Waals surface area contributed by atoms with Crippen molar-refractivity contribution in [3.8, 4) is 0 Å². The van der Waals surface area contributed by atoms with Crippen LogP contribution in [0.1, 0.15) is 34.6 Å². The Labute approximate surface area is 188 Å². The zero-order valence-corrected chi connectivity index (χ0v) is 18.7. The van der Waals surface area contributed by atoms with Crippen molar-refractivity contribution < 1.29 is 18.0 Å². The number of nitrogens with zero attached hydrogens (tertiary/aromatic N) is 1. The van der Waals surface area contributed by atoms with Gasteiger partial charge in [0.2, 0.25) is 0 Å². The monoisotopic (exact) mass is 451 g/mol. The van der Waals surface area contributed by atoms with Crippen molar-refractivity contribution in [1.82, 2.24) is 4.90 Å². The second-order valence-electron chi connectivity index (χ2n) is 7.00. The first-order chi connectivity index (χ1) is 15.3.